The fourth-order valence-electron chi connectivity index (χ4n) is 6.48. The monoisotopic (exact) mass is 419 g/mol. The maximum Gasteiger partial charge on any atom is 0.167 e. The molecule has 3 nitrogen and oxygen atoms in total. The van der Waals surface area contributed by atoms with E-state index in [9.17, 15) is 9.90 Å². The van der Waals surface area contributed by atoms with Gasteiger partial charge in [-0.05, 0) is 98.4 Å². The van der Waals surface area contributed by atoms with Crippen LogP contribution in [0.3, 0.4) is 0 Å². The van der Waals surface area contributed by atoms with Gasteiger partial charge in [-0.3, -0.25) is 9.78 Å². The van der Waals surface area contributed by atoms with E-state index in [2.05, 4.69) is 37.0 Å². The normalized spacial score (nSPS) is 27.8. The van der Waals surface area contributed by atoms with Crippen molar-refractivity contribution in [2.75, 3.05) is 0 Å². The molecule has 0 saturated heterocycles. The Morgan fingerprint density at radius 1 is 1.23 bits per heavy atom. The molecular formula is C28H37NO2. The highest BCUT2D eigenvalue weighted by Gasteiger charge is 2.49. The Labute approximate surface area is 187 Å². The molecule has 166 valence electrons. The van der Waals surface area contributed by atoms with E-state index in [1.165, 1.54) is 17.5 Å². The molecular weight excluding hydrogens is 382 g/mol. The number of ketones is 1. The average Bonchev–Trinajstić information content (AvgIpc) is 2.91. The molecule has 0 unspecified atom stereocenters. The summed E-state index contributed by atoms with van der Waals surface area (Å²) < 4.78 is 0. The predicted octanol–water partition coefficient (Wildman–Crippen LogP) is 6.13. The topological polar surface area (TPSA) is 50.2 Å². The summed E-state index contributed by atoms with van der Waals surface area (Å²) in [5, 5.41) is 11.2. The maximum atomic E-state index is 13.1. The first-order valence-electron chi connectivity index (χ1n) is 12.2. The van der Waals surface area contributed by atoms with Crippen LogP contribution in [0.2, 0.25) is 0 Å². The lowest BCUT2D eigenvalue weighted by atomic mass is 9.56. The van der Waals surface area contributed by atoms with Crippen LogP contribution in [0.1, 0.15) is 98.0 Å². The van der Waals surface area contributed by atoms with Crippen LogP contribution in [0, 0.1) is 12.8 Å². The van der Waals surface area contributed by atoms with Gasteiger partial charge in [-0.2, -0.15) is 0 Å². The fraction of sp³-hybridized carbons (Fsp3) is 0.571. The van der Waals surface area contributed by atoms with E-state index in [0.717, 1.165) is 68.2 Å². The van der Waals surface area contributed by atoms with Gasteiger partial charge < -0.3 is 5.11 Å². The molecule has 1 saturated carbocycles. The Hall–Kier alpha value is -2.00. The molecule has 0 radical (unpaired) electrons. The van der Waals surface area contributed by atoms with Gasteiger partial charge in [-0.1, -0.05) is 38.5 Å². The van der Waals surface area contributed by atoms with Gasteiger partial charge in [-0.15, -0.1) is 0 Å². The molecule has 0 amide bonds. The van der Waals surface area contributed by atoms with Gasteiger partial charge in [-0.25, -0.2) is 0 Å². The Kier molecular flexibility index (Phi) is 6.35. The lowest BCUT2D eigenvalue weighted by Crippen LogP contribution is -2.47. The average molecular weight is 420 g/mol. The van der Waals surface area contributed by atoms with Crippen LogP contribution >= 0.6 is 0 Å². The number of nitrogens with zero attached hydrogens (tertiary/aromatic N) is 1. The van der Waals surface area contributed by atoms with Gasteiger partial charge in [0.1, 0.15) is 0 Å². The van der Waals surface area contributed by atoms with E-state index in [1.807, 2.05) is 19.1 Å². The smallest absolute Gasteiger partial charge is 0.167 e. The van der Waals surface area contributed by atoms with Crippen molar-refractivity contribution in [1.82, 2.24) is 4.98 Å². The second kappa shape index (κ2) is 8.86. The van der Waals surface area contributed by atoms with Crippen molar-refractivity contribution >= 4 is 5.78 Å². The molecule has 2 aromatic rings. The number of Topliss-reactive ketones (excluding diaryl/α,β-unsaturated/α-hetero) is 1. The molecule has 4 rings (SSSR count). The lowest BCUT2D eigenvalue weighted by molar-refractivity contribution is -0.0542. The summed E-state index contributed by atoms with van der Waals surface area (Å²) in [5.41, 5.74) is 5.23. The van der Waals surface area contributed by atoms with E-state index in [0.29, 0.717) is 12.3 Å². The van der Waals surface area contributed by atoms with Crippen LogP contribution in [0.5, 0.6) is 0 Å². The minimum Gasteiger partial charge on any atom is -0.390 e. The number of aromatic nitrogens is 1. The summed E-state index contributed by atoms with van der Waals surface area (Å²) in [7, 11) is 0. The molecule has 0 bridgehead atoms. The summed E-state index contributed by atoms with van der Waals surface area (Å²) in [6.45, 7) is 6.46. The van der Waals surface area contributed by atoms with Crippen molar-refractivity contribution < 1.29 is 9.90 Å². The van der Waals surface area contributed by atoms with Crippen LogP contribution in [-0.2, 0) is 18.3 Å². The first-order valence-corrected chi connectivity index (χ1v) is 12.2. The highest BCUT2D eigenvalue weighted by molar-refractivity contribution is 5.97. The lowest BCUT2D eigenvalue weighted by Gasteiger charge is -2.50. The molecule has 1 aromatic carbocycles. The first kappa shape index (κ1) is 22.2. The number of pyridine rings is 1. The van der Waals surface area contributed by atoms with Crippen LogP contribution in [0.15, 0.2) is 36.5 Å². The van der Waals surface area contributed by atoms with Crippen molar-refractivity contribution in [1.29, 1.82) is 0 Å². The largest absolute Gasteiger partial charge is 0.390 e. The summed E-state index contributed by atoms with van der Waals surface area (Å²) in [6, 6.07) is 10.4. The third-order valence-corrected chi connectivity index (χ3v) is 8.22. The number of aliphatic hydroxyl groups is 1. The number of hydrogen-bond donors (Lipinski definition) is 1. The van der Waals surface area contributed by atoms with E-state index >= 15 is 0 Å². The van der Waals surface area contributed by atoms with Crippen molar-refractivity contribution in [2.24, 2.45) is 5.92 Å². The van der Waals surface area contributed by atoms with Gasteiger partial charge in [0.2, 0.25) is 0 Å². The van der Waals surface area contributed by atoms with E-state index in [-0.39, 0.29) is 11.2 Å². The molecule has 2 aliphatic carbocycles. The maximum absolute atomic E-state index is 13.1. The number of aryl methyl sites for hydroxylation is 2. The summed E-state index contributed by atoms with van der Waals surface area (Å²) in [4.78, 5) is 17.4. The summed E-state index contributed by atoms with van der Waals surface area (Å²) in [6.07, 6.45) is 11.5. The molecule has 1 N–H and O–H groups in total. The fourth-order valence-corrected chi connectivity index (χ4v) is 6.48. The van der Waals surface area contributed by atoms with Crippen molar-refractivity contribution in [3.8, 4) is 0 Å². The number of hydrogen-bond acceptors (Lipinski definition) is 3. The summed E-state index contributed by atoms with van der Waals surface area (Å²) in [5.74, 6) is 0.704. The van der Waals surface area contributed by atoms with Crippen LogP contribution in [-0.4, -0.2) is 21.5 Å². The highest BCUT2D eigenvalue weighted by atomic mass is 16.3. The van der Waals surface area contributed by atoms with E-state index in [1.54, 1.807) is 6.20 Å². The molecule has 3 heteroatoms. The molecule has 31 heavy (non-hydrogen) atoms. The van der Waals surface area contributed by atoms with E-state index < -0.39 is 5.60 Å². The predicted molar refractivity (Wildman–Crippen MR) is 126 cm³/mol. The van der Waals surface area contributed by atoms with Gasteiger partial charge in [0.05, 0.1) is 5.60 Å². The number of rotatable bonds is 6. The number of carbonyl (C=O) groups is 1. The Balaban J connectivity index is 1.63. The Morgan fingerprint density at radius 3 is 2.81 bits per heavy atom. The van der Waals surface area contributed by atoms with Gasteiger partial charge in [0, 0.05) is 23.9 Å². The number of fused-ring (bicyclic) bond motifs is 3. The third-order valence-electron chi connectivity index (χ3n) is 8.22. The molecule has 1 aromatic heterocycles. The molecule has 3 atom stereocenters. The summed E-state index contributed by atoms with van der Waals surface area (Å²) >= 11 is 0. The van der Waals surface area contributed by atoms with Crippen molar-refractivity contribution in [2.45, 2.75) is 96.0 Å². The molecule has 1 fully saturated rings. The van der Waals surface area contributed by atoms with Crippen molar-refractivity contribution in [3.05, 3.63) is 64.5 Å². The standard InChI is InChI=1S/C28H37NO2/c1-4-13-27(31)14-15-28(5-2)24(19-27)10-6-8-22-17-23(11-12-25(22)28)26(30)18-21-9-7-16-29-20(21)3/h7,9,11-12,16-17,24,31H,4-6,8,10,13-15,18-19H2,1-3H3/t24-,27+,28+/m0/s1. The molecule has 0 aliphatic heterocycles. The number of carbonyl (C=O) groups excluding carboxylic acids is 1. The first-order chi connectivity index (χ1) is 14.9. The quantitative estimate of drug-likeness (QED) is 0.573. The zero-order valence-electron chi connectivity index (χ0n) is 19.4. The highest BCUT2D eigenvalue weighted by Crippen LogP contribution is 2.54. The number of benzene rings is 1. The van der Waals surface area contributed by atoms with Crippen LogP contribution < -0.4 is 0 Å². The van der Waals surface area contributed by atoms with E-state index in [4.69, 9.17) is 0 Å². The minimum absolute atomic E-state index is 0.146. The molecule has 1 heterocycles. The zero-order valence-corrected chi connectivity index (χ0v) is 19.4. The van der Waals surface area contributed by atoms with Gasteiger partial charge >= 0.3 is 0 Å². The third kappa shape index (κ3) is 4.22. The van der Waals surface area contributed by atoms with Gasteiger partial charge in [0.25, 0.3) is 0 Å². The van der Waals surface area contributed by atoms with Crippen molar-refractivity contribution in [3.63, 3.8) is 0 Å². The Morgan fingerprint density at radius 2 is 2.06 bits per heavy atom. The second-order valence-corrected chi connectivity index (χ2v) is 10.00. The SMILES string of the molecule is CCC[C@@]1(O)CC[C@@]2(CC)c3ccc(C(=O)Cc4cccnc4C)cc3CCC[C@H]2C1. The molecule has 2 aliphatic rings. The Bertz CT molecular complexity index is 952. The van der Waals surface area contributed by atoms with Crippen LogP contribution in [0.4, 0.5) is 0 Å². The van der Waals surface area contributed by atoms with Crippen LogP contribution in [0.25, 0.3) is 0 Å². The minimum atomic E-state index is -0.486. The molecule has 0 spiro atoms. The van der Waals surface area contributed by atoms with Gasteiger partial charge in [0.15, 0.2) is 5.78 Å². The second-order valence-electron chi connectivity index (χ2n) is 10.00. The zero-order chi connectivity index (χ0) is 22.1.